The third kappa shape index (κ3) is 2.59. The second-order valence-corrected chi connectivity index (χ2v) is 11.5. The largest absolute Gasteiger partial charge is 0.379 e. The van der Waals surface area contributed by atoms with Crippen LogP contribution in [-0.2, 0) is 9.53 Å². The van der Waals surface area contributed by atoms with Crippen molar-refractivity contribution in [3.8, 4) is 0 Å². The molecule has 0 aromatic rings. The second kappa shape index (κ2) is 6.21. The van der Waals surface area contributed by atoms with E-state index in [0.29, 0.717) is 28.7 Å². The lowest BCUT2D eigenvalue weighted by molar-refractivity contribution is -0.172. The maximum absolute atomic E-state index is 12.4. The van der Waals surface area contributed by atoms with Crippen LogP contribution in [0, 0.1) is 40.4 Å². The van der Waals surface area contributed by atoms with Gasteiger partial charge < -0.3 is 9.64 Å². The van der Waals surface area contributed by atoms with Crippen LogP contribution in [0.2, 0.25) is 0 Å². The van der Waals surface area contributed by atoms with Gasteiger partial charge in [0, 0.05) is 26.6 Å². The normalized spacial score (nSPS) is 50.2. The smallest absolute Gasteiger partial charge is 0.222 e. The predicted octanol–water partition coefficient (Wildman–Crippen LogP) is 5.14. The summed E-state index contributed by atoms with van der Waals surface area (Å²) in [6, 6.07) is 0.451. The van der Waals surface area contributed by atoms with E-state index in [2.05, 4.69) is 46.6 Å². The van der Waals surface area contributed by atoms with Crippen molar-refractivity contribution in [1.82, 2.24) is 4.90 Å². The summed E-state index contributed by atoms with van der Waals surface area (Å²) in [5, 5.41) is 0. The van der Waals surface area contributed by atoms with Gasteiger partial charge >= 0.3 is 0 Å². The fourth-order valence-corrected chi connectivity index (χ4v) is 8.75. The first-order valence-electron chi connectivity index (χ1n) is 11.4. The summed E-state index contributed by atoms with van der Waals surface area (Å²) in [5.41, 5.74) is 0.697. The first-order chi connectivity index (χ1) is 12.6. The lowest BCUT2D eigenvalue weighted by Crippen LogP contribution is -2.63. The van der Waals surface area contributed by atoms with Gasteiger partial charge in [-0.2, -0.15) is 0 Å². The number of methoxy groups -OCH3 is 1. The van der Waals surface area contributed by atoms with Crippen molar-refractivity contribution >= 4 is 5.91 Å². The summed E-state index contributed by atoms with van der Waals surface area (Å²) in [6.45, 7) is 12.2. The molecule has 27 heavy (non-hydrogen) atoms. The highest BCUT2D eigenvalue weighted by molar-refractivity contribution is 5.77. The van der Waals surface area contributed by atoms with Crippen LogP contribution in [-0.4, -0.2) is 36.6 Å². The Bertz CT molecular complexity index is 616. The topological polar surface area (TPSA) is 29.5 Å². The molecule has 3 saturated carbocycles. The number of fused-ring (bicyclic) bond motifs is 5. The van der Waals surface area contributed by atoms with E-state index >= 15 is 0 Å². The Morgan fingerprint density at radius 2 is 1.74 bits per heavy atom. The third-order valence-corrected chi connectivity index (χ3v) is 10.3. The van der Waals surface area contributed by atoms with Gasteiger partial charge in [0.1, 0.15) is 0 Å². The average Bonchev–Trinajstić information content (AvgIpc) is 2.98. The highest BCUT2D eigenvalue weighted by Crippen LogP contribution is 2.68. The number of ether oxygens (including phenoxy) is 1. The SMILES string of the molecule is COC(C)(C)[C@H]1CC[C@H]2[C@@H]3C(C)CC4N(C)C(=O)CC[C@]4(C)[C@H]3CC[C@]12C. The van der Waals surface area contributed by atoms with Gasteiger partial charge in [0.25, 0.3) is 0 Å². The maximum Gasteiger partial charge on any atom is 0.222 e. The molecule has 4 aliphatic rings. The van der Waals surface area contributed by atoms with Crippen LogP contribution in [0.15, 0.2) is 0 Å². The molecule has 4 fully saturated rings. The van der Waals surface area contributed by atoms with E-state index < -0.39 is 0 Å². The second-order valence-electron chi connectivity index (χ2n) is 11.5. The van der Waals surface area contributed by atoms with E-state index in [-0.39, 0.29) is 5.60 Å². The molecule has 0 N–H and O–H groups in total. The van der Waals surface area contributed by atoms with Gasteiger partial charge in [-0.25, -0.2) is 0 Å². The molecule has 3 heteroatoms. The molecule has 1 heterocycles. The molecule has 1 amide bonds. The van der Waals surface area contributed by atoms with Gasteiger partial charge in [0.15, 0.2) is 0 Å². The molecule has 3 nitrogen and oxygen atoms in total. The minimum absolute atomic E-state index is 0.0296. The van der Waals surface area contributed by atoms with Gasteiger partial charge in [0.2, 0.25) is 5.91 Å². The van der Waals surface area contributed by atoms with Crippen LogP contribution >= 0.6 is 0 Å². The molecule has 0 bridgehead atoms. The van der Waals surface area contributed by atoms with Gasteiger partial charge in [-0.3, -0.25) is 4.79 Å². The Hall–Kier alpha value is -0.570. The molecular formula is C24H41NO2. The van der Waals surface area contributed by atoms with Crippen LogP contribution < -0.4 is 0 Å². The van der Waals surface area contributed by atoms with Gasteiger partial charge in [-0.05, 0) is 92.8 Å². The van der Waals surface area contributed by atoms with Crippen molar-refractivity contribution in [2.75, 3.05) is 14.2 Å². The first kappa shape index (κ1) is 19.7. The van der Waals surface area contributed by atoms with Crippen molar-refractivity contribution in [3.63, 3.8) is 0 Å². The number of hydrogen-bond acceptors (Lipinski definition) is 2. The van der Waals surface area contributed by atoms with Crippen LogP contribution in [0.3, 0.4) is 0 Å². The van der Waals surface area contributed by atoms with E-state index in [0.717, 1.165) is 36.5 Å². The van der Waals surface area contributed by atoms with Crippen molar-refractivity contribution in [1.29, 1.82) is 0 Å². The van der Waals surface area contributed by atoms with Crippen LogP contribution in [0.1, 0.15) is 79.6 Å². The standard InChI is InChI=1S/C24H41NO2/c1-15-14-19-24(5,13-11-20(26)25(19)6)17-10-12-23(4)16(21(15)17)8-9-18(23)22(2,3)27-7/h15-19,21H,8-14H2,1-7H3/t15?,16-,17-,18+,19?,21-,23-,24+/m0/s1. The molecule has 0 spiro atoms. The summed E-state index contributed by atoms with van der Waals surface area (Å²) in [4.78, 5) is 14.5. The molecule has 2 unspecified atom stereocenters. The predicted molar refractivity (Wildman–Crippen MR) is 109 cm³/mol. The molecular weight excluding hydrogens is 334 g/mol. The lowest BCUT2D eigenvalue weighted by Gasteiger charge is -2.64. The number of hydrogen-bond donors (Lipinski definition) is 0. The minimum atomic E-state index is -0.0296. The number of carbonyl (C=O) groups is 1. The van der Waals surface area contributed by atoms with Gasteiger partial charge in [-0.15, -0.1) is 0 Å². The van der Waals surface area contributed by atoms with Crippen LogP contribution in [0.4, 0.5) is 0 Å². The number of nitrogens with zero attached hydrogens (tertiary/aromatic N) is 1. The third-order valence-electron chi connectivity index (χ3n) is 10.3. The van der Waals surface area contributed by atoms with Crippen molar-refractivity contribution < 1.29 is 9.53 Å². The molecule has 1 saturated heterocycles. The molecule has 3 aliphatic carbocycles. The van der Waals surface area contributed by atoms with E-state index in [4.69, 9.17) is 4.74 Å². The Morgan fingerprint density at radius 1 is 1.07 bits per heavy atom. The zero-order valence-electron chi connectivity index (χ0n) is 18.7. The Kier molecular flexibility index (Phi) is 4.54. The van der Waals surface area contributed by atoms with E-state index in [9.17, 15) is 4.79 Å². The highest BCUT2D eigenvalue weighted by atomic mass is 16.5. The van der Waals surface area contributed by atoms with Crippen molar-refractivity contribution in [3.05, 3.63) is 0 Å². The van der Waals surface area contributed by atoms with Gasteiger partial charge in [-0.1, -0.05) is 20.8 Å². The summed E-state index contributed by atoms with van der Waals surface area (Å²) >= 11 is 0. The summed E-state index contributed by atoms with van der Waals surface area (Å²) < 4.78 is 5.99. The Labute approximate surface area is 166 Å². The Morgan fingerprint density at radius 3 is 2.41 bits per heavy atom. The van der Waals surface area contributed by atoms with Crippen LogP contribution in [0.25, 0.3) is 0 Å². The molecule has 154 valence electrons. The molecule has 0 radical (unpaired) electrons. The summed E-state index contributed by atoms with van der Waals surface area (Å²) in [7, 11) is 3.96. The van der Waals surface area contributed by atoms with E-state index in [1.165, 1.54) is 32.1 Å². The van der Waals surface area contributed by atoms with Crippen LogP contribution in [0.5, 0.6) is 0 Å². The summed E-state index contributed by atoms with van der Waals surface area (Å²) in [5.74, 6) is 4.18. The summed E-state index contributed by atoms with van der Waals surface area (Å²) in [6.07, 6.45) is 8.42. The van der Waals surface area contributed by atoms with Crippen molar-refractivity contribution in [2.45, 2.75) is 91.2 Å². The maximum atomic E-state index is 12.4. The molecule has 8 atom stereocenters. The fraction of sp³-hybridized carbons (Fsp3) is 0.958. The number of amides is 1. The minimum Gasteiger partial charge on any atom is -0.379 e. The molecule has 4 rings (SSSR count). The zero-order valence-corrected chi connectivity index (χ0v) is 18.7. The van der Waals surface area contributed by atoms with E-state index in [1.807, 2.05) is 7.11 Å². The van der Waals surface area contributed by atoms with Crippen molar-refractivity contribution in [2.24, 2.45) is 40.4 Å². The van der Waals surface area contributed by atoms with Gasteiger partial charge in [0.05, 0.1) is 5.60 Å². The first-order valence-corrected chi connectivity index (χ1v) is 11.4. The molecule has 0 aromatic carbocycles. The average molecular weight is 376 g/mol. The quantitative estimate of drug-likeness (QED) is 0.669. The number of rotatable bonds is 2. The number of piperidine rings is 1. The monoisotopic (exact) mass is 375 g/mol. The lowest BCUT2D eigenvalue weighted by atomic mass is 9.44. The highest BCUT2D eigenvalue weighted by Gasteiger charge is 2.64. The Balaban J connectivity index is 1.67. The molecule has 1 aliphatic heterocycles. The fourth-order valence-electron chi connectivity index (χ4n) is 8.75. The zero-order chi connectivity index (χ0) is 19.8. The van der Waals surface area contributed by atoms with E-state index in [1.54, 1.807) is 0 Å². The molecule has 0 aromatic heterocycles. The number of carbonyl (C=O) groups excluding carboxylic acids is 1. The number of likely N-dealkylation sites (tertiary alicyclic amines) is 1.